The van der Waals surface area contributed by atoms with Gasteiger partial charge in [0.1, 0.15) is 12.4 Å². The van der Waals surface area contributed by atoms with E-state index in [1.165, 1.54) is 0 Å². The fourth-order valence-corrected chi connectivity index (χ4v) is 6.41. The number of ether oxygens (including phenoxy) is 3. The summed E-state index contributed by atoms with van der Waals surface area (Å²) in [6.45, 7) is 4.46. The van der Waals surface area contributed by atoms with Crippen LogP contribution < -0.4 is 10.3 Å². The first-order chi connectivity index (χ1) is 22.1. The summed E-state index contributed by atoms with van der Waals surface area (Å²) in [4.78, 5) is 31.5. The largest absolute Gasteiger partial charge is 0.490 e. The van der Waals surface area contributed by atoms with Gasteiger partial charge in [0.05, 0.1) is 23.7 Å². The molecule has 2 aromatic carbocycles. The average Bonchev–Trinajstić information content (AvgIpc) is 3.09. The topological polar surface area (TPSA) is 82.9 Å². The number of amides is 1. The second kappa shape index (κ2) is 14.7. The van der Waals surface area contributed by atoms with E-state index in [-0.39, 0.29) is 30.0 Å². The molecule has 4 aromatic rings. The second-order valence-electron chi connectivity index (χ2n) is 12.2. The number of carbonyl (C=O) groups is 1. The molecule has 1 amide bonds. The molecule has 0 atom stereocenters. The van der Waals surface area contributed by atoms with Gasteiger partial charge in [-0.2, -0.15) is 0 Å². The minimum atomic E-state index is -0.246. The van der Waals surface area contributed by atoms with E-state index in [1.54, 1.807) is 17.3 Å². The van der Waals surface area contributed by atoms with Crippen molar-refractivity contribution in [3.05, 3.63) is 95.2 Å². The Kier molecular flexibility index (Phi) is 10.1. The predicted octanol–water partition coefficient (Wildman–Crippen LogP) is 7.37. The lowest BCUT2D eigenvalue weighted by Gasteiger charge is -2.35. The van der Waals surface area contributed by atoms with Crippen LogP contribution in [0.3, 0.4) is 0 Å². The van der Waals surface area contributed by atoms with Crippen LogP contribution in [0.25, 0.3) is 21.9 Å². The first kappa shape index (κ1) is 30.8. The van der Waals surface area contributed by atoms with Crippen LogP contribution in [0.15, 0.2) is 84.0 Å². The van der Waals surface area contributed by atoms with E-state index < -0.39 is 0 Å². The highest BCUT2D eigenvalue weighted by molar-refractivity contribution is 5.95. The number of carbonyl (C=O) groups excluding carboxylic acids is 1. The molecular weight excluding hydrogens is 566 g/mol. The van der Waals surface area contributed by atoms with E-state index in [2.05, 4.69) is 24.0 Å². The zero-order valence-electron chi connectivity index (χ0n) is 26.1. The van der Waals surface area contributed by atoms with Crippen LogP contribution in [0.2, 0.25) is 0 Å². The van der Waals surface area contributed by atoms with E-state index in [4.69, 9.17) is 14.2 Å². The quantitative estimate of drug-likeness (QED) is 0.187. The molecule has 2 fully saturated rings. The number of fused-ring (bicyclic) bond motifs is 1. The third-order valence-corrected chi connectivity index (χ3v) is 9.02. The Balaban J connectivity index is 0.966. The summed E-state index contributed by atoms with van der Waals surface area (Å²) >= 11 is 0. The second-order valence-corrected chi connectivity index (χ2v) is 12.2. The Morgan fingerprint density at radius 3 is 2.31 bits per heavy atom. The van der Waals surface area contributed by atoms with Crippen molar-refractivity contribution >= 4 is 16.9 Å². The number of nitrogens with zero attached hydrogens (tertiary/aromatic N) is 3. The van der Waals surface area contributed by atoms with Gasteiger partial charge in [-0.25, -0.2) is 4.79 Å². The summed E-state index contributed by atoms with van der Waals surface area (Å²) in [5.41, 5.74) is 3.09. The molecule has 0 radical (unpaired) electrons. The molecule has 3 heterocycles. The molecule has 1 saturated heterocycles. The summed E-state index contributed by atoms with van der Waals surface area (Å²) in [5.74, 6) is 0.861. The first-order valence-electron chi connectivity index (χ1n) is 16.4. The van der Waals surface area contributed by atoms with Crippen LogP contribution in [0.4, 0.5) is 4.79 Å². The Morgan fingerprint density at radius 1 is 0.867 bits per heavy atom. The number of benzene rings is 2. The van der Waals surface area contributed by atoms with Gasteiger partial charge in [0.15, 0.2) is 0 Å². The van der Waals surface area contributed by atoms with Crippen LogP contribution in [0.5, 0.6) is 5.75 Å². The van der Waals surface area contributed by atoms with Gasteiger partial charge in [-0.05, 0) is 79.7 Å². The molecule has 0 N–H and O–H groups in total. The van der Waals surface area contributed by atoms with Crippen molar-refractivity contribution in [2.45, 2.75) is 89.8 Å². The fourth-order valence-electron chi connectivity index (χ4n) is 6.41. The molecule has 1 aliphatic heterocycles. The predicted molar refractivity (Wildman–Crippen MR) is 175 cm³/mol. The van der Waals surface area contributed by atoms with Gasteiger partial charge in [-0.3, -0.25) is 9.78 Å². The Bertz CT molecular complexity index is 1610. The van der Waals surface area contributed by atoms with Crippen molar-refractivity contribution in [2.24, 2.45) is 0 Å². The number of hydrogen-bond acceptors (Lipinski definition) is 6. The van der Waals surface area contributed by atoms with Crippen molar-refractivity contribution in [1.82, 2.24) is 14.5 Å². The average molecular weight is 610 g/mol. The number of hydrogen-bond donors (Lipinski definition) is 0. The zero-order valence-corrected chi connectivity index (χ0v) is 26.1. The molecule has 0 bridgehead atoms. The molecule has 8 nitrogen and oxygen atoms in total. The SMILES string of the molecule is CCCCn1cc(-c2ccc(O[C@H]3CC[C@@H](OC4CCN(C(=O)OCc5ccccc5)CC4)CC3)cc2)c2ccncc2c1=O. The van der Waals surface area contributed by atoms with E-state index in [9.17, 15) is 9.59 Å². The van der Waals surface area contributed by atoms with Crippen LogP contribution in [0.1, 0.15) is 63.9 Å². The van der Waals surface area contributed by atoms with Crippen molar-refractivity contribution in [2.75, 3.05) is 13.1 Å². The van der Waals surface area contributed by atoms with Crippen molar-refractivity contribution in [3.8, 4) is 16.9 Å². The molecule has 0 unspecified atom stereocenters. The van der Waals surface area contributed by atoms with E-state index in [1.807, 2.05) is 59.3 Å². The zero-order chi connectivity index (χ0) is 31.0. The monoisotopic (exact) mass is 609 g/mol. The third-order valence-electron chi connectivity index (χ3n) is 9.02. The summed E-state index contributed by atoms with van der Waals surface area (Å²) in [6.07, 6.45) is 13.3. The molecule has 1 saturated carbocycles. The number of likely N-dealkylation sites (tertiary alicyclic amines) is 1. The Hall–Kier alpha value is -4.17. The van der Waals surface area contributed by atoms with Gasteiger partial charge in [0, 0.05) is 43.8 Å². The molecule has 0 spiro atoms. The Morgan fingerprint density at radius 2 is 1.58 bits per heavy atom. The van der Waals surface area contributed by atoms with Crippen LogP contribution in [-0.2, 0) is 22.6 Å². The lowest BCUT2D eigenvalue weighted by atomic mass is 9.94. The highest BCUT2D eigenvalue weighted by atomic mass is 16.6. The van der Waals surface area contributed by atoms with Crippen molar-refractivity contribution < 1.29 is 19.0 Å². The van der Waals surface area contributed by atoms with Gasteiger partial charge >= 0.3 is 6.09 Å². The lowest BCUT2D eigenvalue weighted by Crippen LogP contribution is -2.42. The number of unbranched alkanes of at least 4 members (excludes halogenated alkanes) is 1. The fraction of sp³-hybridized carbons (Fsp3) is 0.432. The van der Waals surface area contributed by atoms with Gasteiger partial charge in [-0.1, -0.05) is 55.8 Å². The van der Waals surface area contributed by atoms with Crippen LogP contribution >= 0.6 is 0 Å². The number of aromatic nitrogens is 2. The molecule has 8 heteroatoms. The summed E-state index contributed by atoms with van der Waals surface area (Å²) < 4.78 is 20.2. The maximum atomic E-state index is 13.0. The molecule has 45 heavy (non-hydrogen) atoms. The molecular formula is C37H43N3O5. The number of piperidine rings is 1. The van der Waals surface area contributed by atoms with E-state index in [0.717, 1.165) is 79.2 Å². The molecule has 2 aliphatic rings. The highest BCUT2D eigenvalue weighted by Gasteiger charge is 2.29. The Labute approximate surface area is 264 Å². The first-order valence-corrected chi connectivity index (χ1v) is 16.4. The summed E-state index contributed by atoms with van der Waals surface area (Å²) in [5, 5.41) is 1.57. The standard InChI is InChI=1S/C37H43N3O5/c1-2-3-21-40-25-35(33-17-20-38-24-34(33)36(40)41)28-9-11-29(12-10-28)44-30-13-15-31(16-14-30)45-32-18-22-39(23-19-32)37(42)43-26-27-7-5-4-6-8-27/h4-12,17,20,24-25,30-32H,2-3,13-16,18-19,21-23,26H2,1H3/t30-,31+. The van der Waals surface area contributed by atoms with Crippen molar-refractivity contribution in [1.29, 1.82) is 0 Å². The maximum Gasteiger partial charge on any atom is 0.410 e. The van der Waals surface area contributed by atoms with Gasteiger partial charge < -0.3 is 23.7 Å². The van der Waals surface area contributed by atoms with Gasteiger partial charge in [0.25, 0.3) is 5.56 Å². The smallest absolute Gasteiger partial charge is 0.410 e. The summed E-state index contributed by atoms with van der Waals surface area (Å²) in [7, 11) is 0. The molecule has 1 aliphatic carbocycles. The van der Waals surface area contributed by atoms with Crippen LogP contribution in [0, 0.1) is 0 Å². The van der Waals surface area contributed by atoms with Gasteiger partial charge in [0.2, 0.25) is 0 Å². The number of aryl methyl sites for hydroxylation is 1. The van der Waals surface area contributed by atoms with E-state index in [0.29, 0.717) is 31.6 Å². The van der Waals surface area contributed by atoms with E-state index >= 15 is 0 Å². The lowest BCUT2D eigenvalue weighted by molar-refractivity contribution is -0.0652. The minimum Gasteiger partial charge on any atom is -0.490 e. The third kappa shape index (κ3) is 7.74. The van der Waals surface area contributed by atoms with Gasteiger partial charge in [-0.15, -0.1) is 0 Å². The van der Waals surface area contributed by atoms with Crippen LogP contribution in [-0.4, -0.2) is 51.9 Å². The molecule has 2 aromatic heterocycles. The number of rotatable bonds is 10. The number of pyridine rings is 2. The molecule has 6 rings (SSSR count). The van der Waals surface area contributed by atoms with Crippen molar-refractivity contribution in [3.63, 3.8) is 0 Å². The summed E-state index contributed by atoms with van der Waals surface area (Å²) in [6, 6.07) is 19.9. The normalized spacial score (nSPS) is 19.0. The molecule has 236 valence electrons. The minimum absolute atomic E-state index is 0.0135. The highest BCUT2D eigenvalue weighted by Crippen LogP contribution is 2.31. The maximum absolute atomic E-state index is 13.0.